The third-order valence-corrected chi connectivity index (χ3v) is 3.16. The van der Waals surface area contributed by atoms with Crippen LogP contribution in [0, 0.1) is 0 Å². The predicted molar refractivity (Wildman–Crippen MR) is 82.5 cm³/mol. The number of hydrogen-bond acceptors (Lipinski definition) is 3. The van der Waals surface area contributed by atoms with Crippen molar-refractivity contribution in [2.24, 2.45) is 0 Å². The quantitative estimate of drug-likeness (QED) is 0.856. The van der Waals surface area contributed by atoms with Crippen LogP contribution in [-0.2, 0) is 4.79 Å². The second-order valence-electron chi connectivity index (χ2n) is 5.18. The van der Waals surface area contributed by atoms with Crippen LogP contribution in [0.3, 0.4) is 0 Å². The Morgan fingerprint density at radius 3 is 2.62 bits per heavy atom. The van der Waals surface area contributed by atoms with Crippen molar-refractivity contribution < 1.29 is 9.53 Å². The molecule has 5 nitrogen and oxygen atoms in total. The number of aromatic amines is 1. The van der Waals surface area contributed by atoms with Gasteiger partial charge in [0.25, 0.3) is 5.91 Å². The molecule has 1 unspecified atom stereocenters. The summed E-state index contributed by atoms with van der Waals surface area (Å²) in [7, 11) is 0. The van der Waals surface area contributed by atoms with Crippen LogP contribution in [0.5, 0.6) is 5.75 Å². The number of amides is 1. The monoisotopic (exact) mass is 287 g/mol. The Morgan fingerprint density at radius 2 is 2.05 bits per heavy atom. The van der Waals surface area contributed by atoms with Gasteiger partial charge < -0.3 is 10.1 Å². The lowest BCUT2D eigenvalue weighted by atomic mass is 10.1. The summed E-state index contributed by atoms with van der Waals surface area (Å²) in [5.74, 6) is 1.36. The van der Waals surface area contributed by atoms with Gasteiger partial charge in [0.15, 0.2) is 11.9 Å². The molecule has 0 spiro atoms. The van der Waals surface area contributed by atoms with Crippen molar-refractivity contribution in [2.45, 2.75) is 39.2 Å². The highest BCUT2D eigenvalue weighted by Crippen LogP contribution is 2.17. The molecule has 0 saturated heterocycles. The van der Waals surface area contributed by atoms with Gasteiger partial charge in [-0.25, -0.2) is 0 Å². The maximum atomic E-state index is 12.2. The Kier molecular flexibility index (Phi) is 4.98. The molecule has 0 fully saturated rings. The van der Waals surface area contributed by atoms with Gasteiger partial charge in [-0.3, -0.25) is 9.89 Å². The number of ether oxygens (including phenoxy) is 1. The van der Waals surface area contributed by atoms with Gasteiger partial charge in [0.1, 0.15) is 5.75 Å². The van der Waals surface area contributed by atoms with Crippen molar-refractivity contribution in [1.29, 1.82) is 0 Å². The van der Waals surface area contributed by atoms with Crippen LogP contribution in [0.4, 0.5) is 5.82 Å². The summed E-state index contributed by atoms with van der Waals surface area (Å²) in [6.45, 7) is 6.04. The summed E-state index contributed by atoms with van der Waals surface area (Å²) in [5, 5.41) is 9.78. The van der Waals surface area contributed by atoms with E-state index >= 15 is 0 Å². The van der Waals surface area contributed by atoms with Crippen molar-refractivity contribution in [2.75, 3.05) is 5.32 Å². The molecule has 1 amide bonds. The summed E-state index contributed by atoms with van der Waals surface area (Å²) < 4.78 is 5.70. The molecule has 21 heavy (non-hydrogen) atoms. The van der Waals surface area contributed by atoms with Crippen LogP contribution in [0.2, 0.25) is 0 Å². The van der Waals surface area contributed by atoms with E-state index in [2.05, 4.69) is 29.4 Å². The normalized spacial score (nSPS) is 12.2. The first-order chi connectivity index (χ1) is 10.1. The Labute approximate surface area is 124 Å². The Hall–Kier alpha value is -2.30. The Morgan fingerprint density at radius 1 is 1.33 bits per heavy atom. The maximum absolute atomic E-state index is 12.2. The first-order valence-corrected chi connectivity index (χ1v) is 7.18. The Bertz CT molecular complexity index is 578. The second-order valence-corrected chi connectivity index (χ2v) is 5.18. The van der Waals surface area contributed by atoms with Crippen LogP contribution >= 0.6 is 0 Å². The fourth-order valence-corrected chi connectivity index (χ4v) is 1.89. The number of nitrogens with zero attached hydrogens (tertiary/aromatic N) is 1. The van der Waals surface area contributed by atoms with Crippen LogP contribution in [0.25, 0.3) is 0 Å². The molecule has 0 bridgehead atoms. The molecule has 5 heteroatoms. The molecule has 112 valence electrons. The van der Waals surface area contributed by atoms with Crippen LogP contribution in [0.1, 0.15) is 38.8 Å². The van der Waals surface area contributed by atoms with Gasteiger partial charge in [0, 0.05) is 11.8 Å². The third-order valence-electron chi connectivity index (χ3n) is 3.16. The standard InChI is InChI=1S/C16H21N3O2/c1-4-14(21-12-8-6-5-7-9-12)16(20)17-15-10-13(11(2)3)18-19-15/h5-11,14H,4H2,1-3H3,(H2,17,18,19,20). The van der Waals surface area contributed by atoms with Gasteiger partial charge in [0.2, 0.25) is 0 Å². The van der Waals surface area contributed by atoms with Crippen molar-refractivity contribution in [3.05, 3.63) is 42.1 Å². The van der Waals surface area contributed by atoms with E-state index in [-0.39, 0.29) is 5.91 Å². The molecule has 0 aliphatic rings. The van der Waals surface area contributed by atoms with Gasteiger partial charge in [-0.05, 0) is 24.5 Å². The zero-order valence-corrected chi connectivity index (χ0v) is 12.6. The summed E-state index contributed by atoms with van der Waals surface area (Å²) in [4.78, 5) is 12.2. The molecule has 1 aromatic heterocycles. The van der Waals surface area contributed by atoms with E-state index in [1.807, 2.05) is 43.3 Å². The summed E-state index contributed by atoms with van der Waals surface area (Å²) in [6, 6.07) is 11.2. The van der Waals surface area contributed by atoms with E-state index in [1.165, 1.54) is 0 Å². The molecule has 2 N–H and O–H groups in total. The van der Waals surface area contributed by atoms with Crippen LogP contribution in [0.15, 0.2) is 36.4 Å². The van der Waals surface area contributed by atoms with E-state index in [4.69, 9.17) is 4.74 Å². The molecule has 2 rings (SSSR count). The number of aromatic nitrogens is 2. The second kappa shape index (κ2) is 6.92. The molecular formula is C16H21N3O2. The molecule has 1 atom stereocenters. The Balaban J connectivity index is 1.99. The average molecular weight is 287 g/mol. The number of carbonyl (C=O) groups is 1. The average Bonchev–Trinajstić information content (AvgIpc) is 2.94. The highest BCUT2D eigenvalue weighted by Gasteiger charge is 2.19. The van der Waals surface area contributed by atoms with E-state index in [0.29, 0.717) is 23.9 Å². The van der Waals surface area contributed by atoms with Crippen molar-refractivity contribution in [3.8, 4) is 5.75 Å². The summed E-state index contributed by atoms with van der Waals surface area (Å²) >= 11 is 0. The number of para-hydroxylation sites is 1. The minimum absolute atomic E-state index is 0.192. The largest absolute Gasteiger partial charge is 0.481 e. The van der Waals surface area contributed by atoms with Gasteiger partial charge >= 0.3 is 0 Å². The van der Waals surface area contributed by atoms with Gasteiger partial charge in [-0.2, -0.15) is 5.10 Å². The first-order valence-electron chi connectivity index (χ1n) is 7.18. The summed E-state index contributed by atoms with van der Waals surface area (Å²) in [5.41, 5.74) is 0.988. The van der Waals surface area contributed by atoms with Crippen LogP contribution in [-0.4, -0.2) is 22.2 Å². The lowest BCUT2D eigenvalue weighted by Crippen LogP contribution is -2.32. The topological polar surface area (TPSA) is 67.0 Å². The van der Waals surface area contributed by atoms with Crippen LogP contribution < -0.4 is 10.1 Å². The number of rotatable bonds is 6. The smallest absolute Gasteiger partial charge is 0.266 e. The number of nitrogens with one attached hydrogen (secondary N) is 2. The van der Waals surface area contributed by atoms with Gasteiger partial charge in [0.05, 0.1) is 0 Å². The number of benzene rings is 1. The van der Waals surface area contributed by atoms with E-state index in [1.54, 1.807) is 0 Å². The fraction of sp³-hybridized carbons (Fsp3) is 0.375. The number of H-pyrrole nitrogens is 1. The van der Waals surface area contributed by atoms with E-state index in [0.717, 1.165) is 5.69 Å². The zero-order valence-electron chi connectivity index (χ0n) is 12.6. The van der Waals surface area contributed by atoms with Gasteiger partial charge in [-0.1, -0.05) is 39.0 Å². The molecule has 0 aliphatic heterocycles. The van der Waals surface area contributed by atoms with E-state index < -0.39 is 6.10 Å². The molecule has 1 heterocycles. The molecular weight excluding hydrogens is 266 g/mol. The minimum atomic E-state index is -0.536. The maximum Gasteiger partial charge on any atom is 0.266 e. The lowest BCUT2D eigenvalue weighted by Gasteiger charge is -2.16. The fourth-order valence-electron chi connectivity index (χ4n) is 1.89. The molecule has 2 aromatic rings. The van der Waals surface area contributed by atoms with Crippen molar-refractivity contribution in [1.82, 2.24) is 10.2 Å². The minimum Gasteiger partial charge on any atom is -0.481 e. The molecule has 1 aromatic carbocycles. The molecule has 0 radical (unpaired) electrons. The third kappa shape index (κ3) is 4.08. The van der Waals surface area contributed by atoms with Gasteiger partial charge in [-0.15, -0.1) is 0 Å². The van der Waals surface area contributed by atoms with E-state index in [9.17, 15) is 4.79 Å². The first kappa shape index (κ1) is 15.1. The SMILES string of the molecule is CCC(Oc1ccccc1)C(=O)Nc1cc(C(C)C)[nH]n1. The lowest BCUT2D eigenvalue weighted by molar-refractivity contribution is -0.122. The summed E-state index contributed by atoms with van der Waals surface area (Å²) in [6.07, 6.45) is 0.0499. The zero-order chi connectivity index (χ0) is 15.2. The number of carbonyl (C=O) groups excluding carboxylic acids is 1. The number of anilines is 1. The van der Waals surface area contributed by atoms with Crippen molar-refractivity contribution in [3.63, 3.8) is 0 Å². The highest BCUT2D eigenvalue weighted by molar-refractivity contribution is 5.93. The molecule has 0 saturated carbocycles. The highest BCUT2D eigenvalue weighted by atomic mass is 16.5. The van der Waals surface area contributed by atoms with Crippen molar-refractivity contribution >= 4 is 11.7 Å². The molecule has 0 aliphatic carbocycles. The number of hydrogen-bond donors (Lipinski definition) is 2. The predicted octanol–water partition coefficient (Wildman–Crippen LogP) is 3.33.